The molecule has 10 nitrogen and oxygen atoms in total. The van der Waals surface area contributed by atoms with Gasteiger partial charge in [0.15, 0.2) is 0 Å². The number of rotatable bonds is 7. The summed E-state index contributed by atoms with van der Waals surface area (Å²) in [7, 11) is 0. The van der Waals surface area contributed by atoms with Crippen LogP contribution in [0.5, 0.6) is 0 Å². The molecule has 12 heteroatoms. The van der Waals surface area contributed by atoms with E-state index in [1.54, 1.807) is 14.4 Å². The van der Waals surface area contributed by atoms with E-state index in [2.05, 4.69) is 48.2 Å². The molecule has 0 spiro atoms. The number of nitrogens with two attached hydrogens (primary N) is 1. The zero-order chi connectivity index (χ0) is 33.8. The molecular weight excluding hydrogens is 738 g/mol. The minimum atomic E-state index is -0.829. The third kappa shape index (κ3) is 7.08. The molecule has 2 fully saturated rings. The fourth-order valence-electron chi connectivity index (χ4n) is 6.77. The quantitative estimate of drug-likeness (QED) is 0.198. The van der Waals surface area contributed by atoms with E-state index in [1.165, 1.54) is 0 Å². The van der Waals surface area contributed by atoms with Gasteiger partial charge in [-0.15, -0.1) is 0 Å². The Morgan fingerprint density at radius 3 is 2.17 bits per heavy atom. The number of likely N-dealkylation sites (tertiary alicyclic amines) is 2. The highest BCUT2D eigenvalue weighted by atomic mass is 79.9. The number of aromatic amines is 1. The number of nitrogen functional groups attached to an aromatic ring is 1. The summed E-state index contributed by atoms with van der Waals surface area (Å²) < 4.78 is 3.12. The van der Waals surface area contributed by atoms with Crippen molar-refractivity contribution in [1.29, 1.82) is 5.26 Å². The van der Waals surface area contributed by atoms with Gasteiger partial charge in [-0.25, -0.2) is 9.59 Å². The molecule has 2 aliphatic rings. The first kappa shape index (κ1) is 33.6. The first-order valence-corrected chi connectivity index (χ1v) is 17.7. The summed E-state index contributed by atoms with van der Waals surface area (Å²) in [4.78, 5) is 47.1. The lowest BCUT2D eigenvalue weighted by molar-refractivity contribution is -0.134. The number of carbonyl (C=O) groups is 2. The van der Waals surface area contributed by atoms with E-state index in [9.17, 15) is 19.6 Å². The van der Waals surface area contributed by atoms with Crippen LogP contribution < -0.4 is 16.7 Å². The van der Waals surface area contributed by atoms with E-state index < -0.39 is 11.5 Å². The second-order valence-corrected chi connectivity index (χ2v) is 14.2. The fourth-order valence-corrected chi connectivity index (χ4v) is 8.06. The molecule has 2 saturated heterocycles. The van der Waals surface area contributed by atoms with Crippen LogP contribution in [0.2, 0.25) is 0 Å². The van der Waals surface area contributed by atoms with Crippen LogP contribution in [-0.4, -0.2) is 63.5 Å². The molecule has 248 valence electrons. The lowest BCUT2D eigenvalue weighted by Gasteiger charge is -2.39. The Labute approximate surface area is 296 Å². The van der Waals surface area contributed by atoms with E-state index in [0.29, 0.717) is 66.5 Å². The number of hydrogen-bond acceptors (Lipinski definition) is 5. The number of amides is 3. The van der Waals surface area contributed by atoms with Crippen molar-refractivity contribution in [2.75, 3.05) is 31.9 Å². The third-order valence-electron chi connectivity index (χ3n) is 9.62. The molecule has 3 heterocycles. The van der Waals surface area contributed by atoms with Gasteiger partial charge in [-0.2, -0.15) is 5.26 Å². The summed E-state index contributed by atoms with van der Waals surface area (Å²) in [6.45, 7) is 1.70. The van der Waals surface area contributed by atoms with Gasteiger partial charge in [0.25, 0.3) is 0 Å². The number of anilines is 1. The lowest BCUT2D eigenvalue weighted by Crippen LogP contribution is -2.56. The molecule has 0 aliphatic carbocycles. The van der Waals surface area contributed by atoms with E-state index in [4.69, 9.17) is 5.73 Å². The van der Waals surface area contributed by atoms with Crippen LogP contribution in [-0.2, 0) is 16.6 Å². The van der Waals surface area contributed by atoms with Gasteiger partial charge >= 0.3 is 11.7 Å². The highest BCUT2D eigenvalue weighted by Gasteiger charge is 2.39. The first-order valence-electron chi connectivity index (χ1n) is 16.1. The Kier molecular flexibility index (Phi) is 10.1. The molecule has 6 rings (SSSR count). The number of benzene rings is 3. The Morgan fingerprint density at radius 1 is 0.958 bits per heavy atom. The minimum Gasteiger partial charge on any atom is -0.397 e. The minimum absolute atomic E-state index is 0.0458. The van der Waals surface area contributed by atoms with Crippen LogP contribution in [0, 0.1) is 11.3 Å². The molecule has 0 radical (unpaired) electrons. The van der Waals surface area contributed by atoms with E-state index >= 15 is 0 Å². The predicted octanol–water partition coefficient (Wildman–Crippen LogP) is 5.99. The lowest BCUT2D eigenvalue weighted by atomic mass is 9.74. The van der Waals surface area contributed by atoms with Crippen molar-refractivity contribution in [1.82, 2.24) is 24.7 Å². The zero-order valence-electron chi connectivity index (χ0n) is 26.4. The summed E-state index contributed by atoms with van der Waals surface area (Å²) >= 11 is 7.00. The molecule has 0 unspecified atom stereocenters. The predicted molar refractivity (Wildman–Crippen MR) is 192 cm³/mol. The maximum absolute atomic E-state index is 14.1. The van der Waals surface area contributed by atoms with E-state index in [-0.39, 0.29) is 30.1 Å². The van der Waals surface area contributed by atoms with Crippen LogP contribution in [0.3, 0.4) is 0 Å². The molecule has 0 saturated carbocycles. The molecule has 1 atom stereocenters. The topological polar surface area (TPSA) is 140 Å². The second kappa shape index (κ2) is 14.4. The Bertz CT molecular complexity index is 1850. The van der Waals surface area contributed by atoms with Crippen LogP contribution in [0.25, 0.3) is 11.3 Å². The van der Waals surface area contributed by atoms with Crippen molar-refractivity contribution in [3.05, 3.63) is 110 Å². The molecule has 4 aromatic rings. The summed E-state index contributed by atoms with van der Waals surface area (Å²) in [6, 6.07) is 24.5. The van der Waals surface area contributed by atoms with Crippen molar-refractivity contribution >= 4 is 49.5 Å². The molecule has 1 aromatic heterocycles. The number of hydrogen-bond donors (Lipinski definition) is 3. The van der Waals surface area contributed by atoms with Crippen molar-refractivity contribution in [2.24, 2.45) is 0 Å². The zero-order valence-corrected chi connectivity index (χ0v) is 29.5. The van der Waals surface area contributed by atoms with Crippen molar-refractivity contribution in [3.63, 3.8) is 0 Å². The van der Waals surface area contributed by atoms with Crippen LogP contribution in [0.4, 0.5) is 10.5 Å². The van der Waals surface area contributed by atoms with Gasteiger partial charge in [0.05, 0.1) is 22.9 Å². The standard InChI is InChI=1S/C36H37Br2N7O3/c37-28-19-24(20-29(38)32(28)40)21-30(33(46)43-17-13-36(23-39,14-18-43)26-9-5-2-6-10-26)41-34(47)44-15-11-27(12-16-44)45-22-31(42-35(45)48)25-7-3-1-4-8-25/h1-10,19-20,22,27,30H,11-18,21,40H2,(H,41,47)(H,42,48)/t30-/m1/s1. The number of H-pyrrole nitrogens is 1. The summed E-state index contributed by atoms with van der Waals surface area (Å²) in [5, 5.41) is 13.2. The SMILES string of the molecule is N#CC1(c2ccccc2)CCN(C(=O)[C@@H](Cc2cc(Br)c(N)c(Br)c2)NC(=O)N2CCC(n3cc(-c4ccccc4)[nH]c3=O)CC2)CC1. The number of halogens is 2. The highest BCUT2D eigenvalue weighted by molar-refractivity contribution is 9.11. The Morgan fingerprint density at radius 2 is 1.56 bits per heavy atom. The van der Waals surface area contributed by atoms with Crippen molar-refractivity contribution < 1.29 is 9.59 Å². The van der Waals surface area contributed by atoms with Gasteiger partial charge in [0, 0.05) is 53.8 Å². The average Bonchev–Trinajstić information content (AvgIpc) is 3.52. The maximum Gasteiger partial charge on any atom is 0.326 e. The molecule has 4 N–H and O–H groups in total. The number of nitrogens with one attached hydrogen (secondary N) is 2. The summed E-state index contributed by atoms with van der Waals surface area (Å²) in [5.74, 6) is -0.186. The Balaban J connectivity index is 1.14. The van der Waals surface area contributed by atoms with E-state index in [1.807, 2.05) is 79.0 Å². The van der Waals surface area contributed by atoms with Gasteiger partial charge in [0.2, 0.25) is 5.91 Å². The molecule has 2 aliphatic heterocycles. The summed E-state index contributed by atoms with van der Waals surface area (Å²) in [5.41, 5.74) is 9.34. The Hall–Kier alpha value is -4.34. The molecule has 3 amide bonds. The number of piperidine rings is 2. The normalized spacial score (nSPS) is 17.0. The van der Waals surface area contributed by atoms with Crippen LogP contribution in [0.15, 0.2) is 92.7 Å². The van der Waals surface area contributed by atoms with Gasteiger partial charge < -0.3 is 25.8 Å². The third-order valence-corrected chi connectivity index (χ3v) is 10.9. The number of aromatic nitrogens is 2. The largest absolute Gasteiger partial charge is 0.397 e. The monoisotopic (exact) mass is 773 g/mol. The molecular formula is C36H37Br2N7O3. The number of nitriles is 1. The van der Waals surface area contributed by atoms with Crippen molar-refractivity contribution in [2.45, 2.75) is 49.6 Å². The van der Waals surface area contributed by atoms with Crippen LogP contribution in [0.1, 0.15) is 42.9 Å². The average molecular weight is 776 g/mol. The molecule has 0 bridgehead atoms. The van der Waals surface area contributed by atoms with Gasteiger partial charge in [-0.1, -0.05) is 60.7 Å². The molecule has 48 heavy (non-hydrogen) atoms. The smallest absolute Gasteiger partial charge is 0.326 e. The maximum atomic E-state index is 14.1. The highest BCUT2D eigenvalue weighted by Crippen LogP contribution is 2.35. The number of nitrogens with zero attached hydrogens (tertiary/aromatic N) is 4. The van der Waals surface area contributed by atoms with E-state index in [0.717, 1.165) is 22.4 Å². The summed E-state index contributed by atoms with van der Waals surface area (Å²) in [6.07, 6.45) is 4.36. The first-order chi connectivity index (χ1) is 23.2. The molecule has 3 aromatic carbocycles. The fraction of sp³-hybridized carbons (Fsp3) is 0.333. The number of urea groups is 1. The second-order valence-electron chi connectivity index (χ2n) is 12.5. The van der Waals surface area contributed by atoms with Crippen LogP contribution >= 0.6 is 31.9 Å². The number of imidazole rings is 1. The van der Waals surface area contributed by atoms with Gasteiger partial charge in [-0.3, -0.25) is 9.36 Å². The number of carbonyl (C=O) groups excluding carboxylic acids is 2. The van der Waals surface area contributed by atoms with Gasteiger partial charge in [-0.05, 0) is 86.4 Å². The van der Waals surface area contributed by atoms with Gasteiger partial charge in [0.1, 0.15) is 6.04 Å². The van der Waals surface area contributed by atoms with Crippen molar-refractivity contribution in [3.8, 4) is 17.3 Å².